The van der Waals surface area contributed by atoms with Gasteiger partial charge in [-0.05, 0) is 49.9 Å². The van der Waals surface area contributed by atoms with E-state index in [1.807, 2.05) is 0 Å². The zero-order valence-electron chi connectivity index (χ0n) is 12.6. The lowest BCUT2D eigenvalue weighted by atomic mass is 9.97. The van der Waals surface area contributed by atoms with Crippen LogP contribution < -0.4 is 15.8 Å². The van der Waals surface area contributed by atoms with E-state index in [-0.39, 0.29) is 11.8 Å². The van der Waals surface area contributed by atoms with E-state index in [0.29, 0.717) is 18.7 Å². The summed E-state index contributed by atoms with van der Waals surface area (Å²) in [6, 6.07) is 7.61. The van der Waals surface area contributed by atoms with Crippen molar-refractivity contribution in [3.8, 4) is 11.5 Å². The Labute approximate surface area is 130 Å². The number of nitrogens with zero attached hydrogens (tertiary/aromatic N) is 1. The van der Waals surface area contributed by atoms with Crippen molar-refractivity contribution in [2.75, 3.05) is 13.2 Å². The van der Waals surface area contributed by atoms with Crippen molar-refractivity contribution in [3.05, 3.63) is 24.3 Å². The van der Waals surface area contributed by atoms with Crippen molar-refractivity contribution in [2.24, 2.45) is 5.73 Å². The van der Waals surface area contributed by atoms with Crippen molar-refractivity contribution in [1.82, 2.24) is 10.2 Å². The van der Waals surface area contributed by atoms with Crippen LogP contribution in [0.5, 0.6) is 11.5 Å². The van der Waals surface area contributed by atoms with Crippen molar-refractivity contribution in [2.45, 2.75) is 43.8 Å². The van der Waals surface area contributed by atoms with Crippen molar-refractivity contribution in [1.29, 1.82) is 0 Å². The van der Waals surface area contributed by atoms with Crippen LogP contribution in [0.15, 0.2) is 24.3 Å². The molecule has 2 bridgehead atoms. The molecule has 3 rings (SSSR count). The Morgan fingerprint density at radius 3 is 2.50 bits per heavy atom. The average Bonchev–Trinajstić information content (AvgIpc) is 2.71. The second-order valence-electron chi connectivity index (χ2n) is 6.14. The fraction of sp³-hybridized carbons (Fsp3) is 0.562. The monoisotopic (exact) mass is 305 g/mol. The molecule has 4 N–H and O–H groups in total. The third-order valence-electron chi connectivity index (χ3n) is 4.69. The van der Waals surface area contributed by atoms with Crippen LogP contribution in [0.3, 0.4) is 0 Å². The largest absolute Gasteiger partial charge is 0.508 e. The zero-order valence-corrected chi connectivity index (χ0v) is 12.6. The third-order valence-corrected chi connectivity index (χ3v) is 4.69. The Bertz CT molecular complexity index is 506. The van der Waals surface area contributed by atoms with E-state index in [0.717, 1.165) is 25.1 Å². The number of phenolic OH excluding ortho intramolecular Hbond substituents is 1. The maximum atomic E-state index is 11.0. The molecule has 0 aromatic heterocycles. The summed E-state index contributed by atoms with van der Waals surface area (Å²) in [5, 5.41) is 12.1. The standard InChI is InChI=1S/C16H23N3O3/c17-16(21)18-11-9-12-1-2-13(10-11)19(12)7-8-22-15-5-3-14(20)4-6-15/h3-6,11-13,20H,1-2,7-10H2,(H3,17,18,21)/t11-,12-,13+. The van der Waals surface area contributed by atoms with Gasteiger partial charge >= 0.3 is 6.03 Å². The van der Waals surface area contributed by atoms with Gasteiger partial charge in [0.15, 0.2) is 0 Å². The molecule has 2 amide bonds. The first-order valence-electron chi connectivity index (χ1n) is 7.85. The number of nitrogens with one attached hydrogen (secondary N) is 1. The number of carbonyl (C=O) groups is 1. The second-order valence-corrected chi connectivity index (χ2v) is 6.14. The van der Waals surface area contributed by atoms with Gasteiger partial charge in [0.05, 0.1) is 0 Å². The number of rotatable bonds is 5. The quantitative estimate of drug-likeness (QED) is 0.768. The molecule has 6 heteroatoms. The first-order chi connectivity index (χ1) is 10.6. The maximum Gasteiger partial charge on any atom is 0.312 e. The highest BCUT2D eigenvalue weighted by molar-refractivity contribution is 5.72. The minimum absolute atomic E-state index is 0.212. The van der Waals surface area contributed by atoms with Gasteiger partial charge in [0.1, 0.15) is 18.1 Å². The molecule has 120 valence electrons. The Morgan fingerprint density at radius 2 is 1.91 bits per heavy atom. The van der Waals surface area contributed by atoms with Crippen molar-refractivity contribution in [3.63, 3.8) is 0 Å². The lowest BCUT2D eigenvalue weighted by Gasteiger charge is -2.38. The van der Waals surface area contributed by atoms with Crippen LogP contribution in [0.25, 0.3) is 0 Å². The van der Waals surface area contributed by atoms with E-state index in [1.54, 1.807) is 24.3 Å². The Kier molecular flexibility index (Phi) is 4.38. The highest BCUT2D eigenvalue weighted by Gasteiger charge is 2.40. The number of piperidine rings is 1. The Morgan fingerprint density at radius 1 is 1.27 bits per heavy atom. The van der Waals surface area contributed by atoms with E-state index < -0.39 is 6.03 Å². The summed E-state index contributed by atoms with van der Waals surface area (Å²) in [5.74, 6) is 1.02. The van der Waals surface area contributed by atoms with E-state index >= 15 is 0 Å². The average molecular weight is 305 g/mol. The number of urea groups is 1. The number of hydrogen-bond donors (Lipinski definition) is 3. The van der Waals surface area contributed by atoms with E-state index in [9.17, 15) is 9.90 Å². The molecule has 0 radical (unpaired) electrons. The van der Waals surface area contributed by atoms with Gasteiger partial charge in [0.25, 0.3) is 0 Å². The smallest absolute Gasteiger partial charge is 0.312 e. The molecule has 2 fully saturated rings. The lowest BCUT2D eigenvalue weighted by molar-refractivity contribution is 0.1000. The zero-order chi connectivity index (χ0) is 15.5. The van der Waals surface area contributed by atoms with Crippen molar-refractivity contribution < 1.29 is 14.6 Å². The first-order valence-corrected chi connectivity index (χ1v) is 7.85. The van der Waals surface area contributed by atoms with Gasteiger partial charge in [-0.2, -0.15) is 0 Å². The summed E-state index contributed by atoms with van der Waals surface area (Å²) < 4.78 is 5.74. The molecule has 3 atom stereocenters. The predicted molar refractivity (Wildman–Crippen MR) is 82.9 cm³/mol. The molecular formula is C16H23N3O3. The fourth-order valence-corrected chi connectivity index (χ4v) is 3.77. The summed E-state index contributed by atoms with van der Waals surface area (Å²) in [4.78, 5) is 13.5. The molecule has 2 aliphatic heterocycles. The van der Waals surface area contributed by atoms with Gasteiger partial charge in [0, 0.05) is 24.7 Å². The van der Waals surface area contributed by atoms with Crippen molar-refractivity contribution >= 4 is 6.03 Å². The Balaban J connectivity index is 1.48. The molecule has 2 aliphatic rings. The van der Waals surface area contributed by atoms with E-state index in [1.165, 1.54) is 12.8 Å². The molecule has 0 unspecified atom stereocenters. The summed E-state index contributed by atoms with van der Waals surface area (Å²) in [7, 11) is 0. The van der Waals surface area contributed by atoms with Crippen LogP contribution in [-0.4, -0.2) is 47.3 Å². The van der Waals surface area contributed by atoms with Crippen LogP contribution in [0.2, 0.25) is 0 Å². The number of hydrogen-bond acceptors (Lipinski definition) is 4. The molecular weight excluding hydrogens is 282 g/mol. The molecule has 1 aromatic rings. The predicted octanol–water partition coefficient (Wildman–Crippen LogP) is 1.43. The van der Waals surface area contributed by atoms with Crippen LogP contribution in [0, 0.1) is 0 Å². The van der Waals surface area contributed by atoms with Gasteiger partial charge in [-0.1, -0.05) is 0 Å². The molecule has 2 heterocycles. The summed E-state index contributed by atoms with van der Waals surface area (Å²) in [6.45, 7) is 1.52. The van der Waals surface area contributed by atoms with E-state index in [2.05, 4.69) is 10.2 Å². The number of fused-ring (bicyclic) bond motifs is 2. The van der Waals surface area contributed by atoms with E-state index in [4.69, 9.17) is 10.5 Å². The molecule has 1 aromatic carbocycles. The van der Waals surface area contributed by atoms with Crippen LogP contribution in [0.1, 0.15) is 25.7 Å². The van der Waals surface area contributed by atoms with Gasteiger partial charge in [0.2, 0.25) is 0 Å². The number of phenols is 1. The topological polar surface area (TPSA) is 87.8 Å². The summed E-state index contributed by atoms with van der Waals surface area (Å²) in [6.07, 6.45) is 4.30. The molecule has 0 saturated carbocycles. The van der Waals surface area contributed by atoms with Gasteiger partial charge < -0.3 is 20.9 Å². The second kappa shape index (κ2) is 6.44. The van der Waals surface area contributed by atoms with Crippen LogP contribution in [0.4, 0.5) is 4.79 Å². The fourth-order valence-electron chi connectivity index (χ4n) is 3.77. The molecule has 6 nitrogen and oxygen atoms in total. The number of benzene rings is 1. The number of carbonyl (C=O) groups excluding carboxylic acids is 1. The highest BCUT2D eigenvalue weighted by Crippen LogP contribution is 2.35. The van der Waals surface area contributed by atoms with Crippen LogP contribution in [-0.2, 0) is 0 Å². The van der Waals surface area contributed by atoms with Gasteiger partial charge in [-0.15, -0.1) is 0 Å². The minimum Gasteiger partial charge on any atom is -0.508 e. The third kappa shape index (κ3) is 3.44. The number of nitrogens with two attached hydrogens (primary N) is 1. The molecule has 0 spiro atoms. The highest BCUT2D eigenvalue weighted by atomic mass is 16.5. The number of amides is 2. The van der Waals surface area contributed by atoms with Crippen LogP contribution >= 0.6 is 0 Å². The lowest BCUT2D eigenvalue weighted by Crippen LogP contribution is -2.52. The molecule has 0 aliphatic carbocycles. The molecule has 2 saturated heterocycles. The Hall–Kier alpha value is -1.95. The van der Waals surface area contributed by atoms with Gasteiger partial charge in [-0.3, -0.25) is 4.90 Å². The SMILES string of the molecule is NC(=O)N[C@@H]1C[C@H]2CC[C@@H](C1)N2CCOc1ccc(O)cc1. The molecule has 22 heavy (non-hydrogen) atoms. The summed E-state index contributed by atoms with van der Waals surface area (Å²) in [5.41, 5.74) is 5.22. The number of aromatic hydroxyl groups is 1. The number of primary amides is 1. The maximum absolute atomic E-state index is 11.0. The number of ether oxygens (including phenoxy) is 1. The summed E-state index contributed by atoms with van der Waals surface area (Å²) >= 11 is 0. The first kappa shape index (κ1) is 15.0. The minimum atomic E-state index is -0.423. The van der Waals surface area contributed by atoms with Gasteiger partial charge in [-0.25, -0.2) is 4.79 Å². The normalized spacial score (nSPS) is 27.5.